The van der Waals surface area contributed by atoms with Crippen molar-refractivity contribution in [1.29, 1.82) is 0 Å². The molecule has 0 saturated carbocycles. The molecule has 1 aromatic rings. The van der Waals surface area contributed by atoms with Crippen LogP contribution in [-0.4, -0.2) is 30.0 Å². The average Bonchev–Trinajstić information content (AvgIpc) is 2.37. The van der Waals surface area contributed by atoms with Crippen molar-refractivity contribution in [3.8, 4) is 11.5 Å². The number of nitrogens with one attached hydrogen (secondary N) is 1. The van der Waals surface area contributed by atoms with Crippen molar-refractivity contribution >= 4 is 17.5 Å². The highest BCUT2D eigenvalue weighted by atomic mass is 35.5. The number of halogens is 1. The number of carbonyl (C=O) groups excluding carboxylic acids is 1. The van der Waals surface area contributed by atoms with Gasteiger partial charge in [-0.2, -0.15) is 0 Å². The van der Waals surface area contributed by atoms with E-state index in [9.17, 15) is 9.90 Å². The van der Waals surface area contributed by atoms with Crippen LogP contribution in [0, 0.1) is 5.92 Å². The lowest BCUT2D eigenvalue weighted by atomic mass is 10.0. The molecule has 0 bridgehead atoms. The molecule has 0 saturated heterocycles. The molecule has 0 spiro atoms. The van der Waals surface area contributed by atoms with Gasteiger partial charge in [-0.05, 0) is 30.5 Å². The highest BCUT2D eigenvalue weighted by molar-refractivity contribution is 6.18. The van der Waals surface area contributed by atoms with Gasteiger partial charge in [-0.3, -0.25) is 4.79 Å². The summed E-state index contributed by atoms with van der Waals surface area (Å²) in [6.07, 6.45) is 0.817. The van der Waals surface area contributed by atoms with E-state index in [2.05, 4.69) is 19.2 Å². The lowest BCUT2D eigenvalue weighted by Crippen LogP contribution is -2.37. The van der Waals surface area contributed by atoms with Gasteiger partial charge < -0.3 is 15.2 Å². The molecule has 0 aromatic heterocycles. The minimum Gasteiger partial charge on any atom is -0.504 e. The zero-order chi connectivity index (χ0) is 14.4. The first-order chi connectivity index (χ1) is 8.97. The van der Waals surface area contributed by atoms with Crippen molar-refractivity contribution in [2.24, 2.45) is 5.92 Å². The molecule has 0 heterocycles. The molecule has 0 radical (unpaired) electrons. The Kier molecular flexibility index (Phi) is 5.96. The standard InChI is InChI=1S/C14H20ClNO3/c1-9(2)6-11(8-15)16-14(18)10-4-5-13(19-3)12(17)7-10/h4-5,7,9,11,17H,6,8H2,1-3H3,(H,16,18). The summed E-state index contributed by atoms with van der Waals surface area (Å²) < 4.78 is 4.93. The van der Waals surface area contributed by atoms with Gasteiger partial charge in [0.05, 0.1) is 7.11 Å². The number of phenols is 1. The first kappa shape index (κ1) is 15.6. The number of methoxy groups -OCH3 is 1. The predicted molar refractivity (Wildman–Crippen MR) is 76.1 cm³/mol. The number of carbonyl (C=O) groups is 1. The Hall–Kier alpha value is -1.42. The molecule has 0 aliphatic carbocycles. The molecule has 19 heavy (non-hydrogen) atoms. The van der Waals surface area contributed by atoms with Crippen LogP contribution >= 0.6 is 11.6 Å². The number of ether oxygens (including phenoxy) is 1. The van der Waals surface area contributed by atoms with Crippen molar-refractivity contribution in [2.45, 2.75) is 26.3 Å². The van der Waals surface area contributed by atoms with Crippen LogP contribution in [-0.2, 0) is 0 Å². The van der Waals surface area contributed by atoms with Crippen LogP contribution in [0.25, 0.3) is 0 Å². The summed E-state index contributed by atoms with van der Waals surface area (Å²) in [5.74, 6) is 0.859. The molecule has 0 aliphatic heterocycles. The number of hydrogen-bond donors (Lipinski definition) is 2. The van der Waals surface area contributed by atoms with E-state index in [0.29, 0.717) is 23.1 Å². The van der Waals surface area contributed by atoms with Crippen molar-refractivity contribution < 1.29 is 14.6 Å². The molecule has 1 atom stereocenters. The van der Waals surface area contributed by atoms with Gasteiger partial charge in [0, 0.05) is 17.5 Å². The second-order valence-electron chi connectivity index (χ2n) is 4.84. The number of phenolic OH excluding ortho intramolecular Hbond substituents is 1. The van der Waals surface area contributed by atoms with Gasteiger partial charge in [0.15, 0.2) is 11.5 Å². The molecule has 1 amide bonds. The third-order valence-electron chi connectivity index (χ3n) is 2.72. The van der Waals surface area contributed by atoms with E-state index in [-0.39, 0.29) is 17.7 Å². The predicted octanol–water partition coefficient (Wildman–Crippen LogP) is 2.78. The maximum absolute atomic E-state index is 12.0. The van der Waals surface area contributed by atoms with Crippen molar-refractivity contribution in [3.63, 3.8) is 0 Å². The van der Waals surface area contributed by atoms with Crippen LogP contribution < -0.4 is 10.1 Å². The first-order valence-electron chi connectivity index (χ1n) is 6.21. The van der Waals surface area contributed by atoms with E-state index < -0.39 is 0 Å². The Morgan fingerprint density at radius 2 is 2.16 bits per heavy atom. The lowest BCUT2D eigenvalue weighted by molar-refractivity contribution is 0.0936. The SMILES string of the molecule is COc1ccc(C(=O)NC(CCl)CC(C)C)cc1O. The Balaban J connectivity index is 2.74. The lowest BCUT2D eigenvalue weighted by Gasteiger charge is -2.18. The second-order valence-corrected chi connectivity index (χ2v) is 5.15. The molecular weight excluding hydrogens is 266 g/mol. The largest absolute Gasteiger partial charge is 0.504 e. The Morgan fingerprint density at radius 3 is 2.63 bits per heavy atom. The van der Waals surface area contributed by atoms with Crippen LogP contribution in [0.4, 0.5) is 0 Å². The van der Waals surface area contributed by atoms with Gasteiger partial charge in [0.25, 0.3) is 5.91 Å². The summed E-state index contributed by atoms with van der Waals surface area (Å²) in [6, 6.07) is 4.48. The van der Waals surface area contributed by atoms with Crippen LogP contribution in [0.5, 0.6) is 11.5 Å². The molecule has 106 valence electrons. The zero-order valence-corrected chi connectivity index (χ0v) is 12.2. The minimum absolute atomic E-state index is 0.0542. The van der Waals surface area contributed by atoms with Crippen molar-refractivity contribution in [3.05, 3.63) is 23.8 Å². The van der Waals surface area contributed by atoms with Crippen LogP contribution in [0.1, 0.15) is 30.6 Å². The van der Waals surface area contributed by atoms with E-state index in [1.54, 1.807) is 12.1 Å². The van der Waals surface area contributed by atoms with Crippen molar-refractivity contribution in [1.82, 2.24) is 5.32 Å². The molecule has 1 aromatic carbocycles. The summed E-state index contributed by atoms with van der Waals surface area (Å²) in [7, 11) is 1.46. The monoisotopic (exact) mass is 285 g/mol. The Labute approximate surface area is 118 Å². The fourth-order valence-electron chi connectivity index (χ4n) is 1.83. The number of amides is 1. The van der Waals surface area contributed by atoms with Crippen LogP contribution in [0.2, 0.25) is 0 Å². The molecule has 4 nitrogen and oxygen atoms in total. The van der Waals surface area contributed by atoms with Crippen molar-refractivity contribution in [2.75, 3.05) is 13.0 Å². The van der Waals surface area contributed by atoms with Gasteiger partial charge in [-0.15, -0.1) is 11.6 Å². The first-order valence-corrected chi connectivity index (χ1v) is 6.75. The average molecular weight is 286 g/mol. The molecule has 1 unspecified atom stereocenters. The second kappa shape index (κ2) is 7.24. The maximum Gasteiger partial charge on any atom is 0.251 e. The topological polar surface area (TPSA) is 58.6 Å². The summed E-state index contributed by atoms with van der Waals surface area (Å²) in [5.41, 5.74) is 0.386. The van der Waals surface area contributed by atoms with Gasteiger partial charge >= 0.3 is 0 Å². The number of hydrogen-bond acceptors (Lipinski definition) is 3. The molecule has 1 rings (SSSR count). The fourth-order valence-corrected chi connectivity index (χ4v) is 2.03. The van der Waals surface area contributed by atoms with E-state index in [1.165, 1.54) is 13.2 Å². The molecule has 0 fully saturated rings. The fraction of sp³-hybridized carbons (Fsp3) is 0.500. The number of alkyl halides is 1. The smallest absolute Gasteiger partial charge is 0.251 e. The van der Waals surface area contributed by atoms with Crippen LogP contribution in [0.15, 0.2) is 18.2 Å². The van der Waals surface area contributed by atoms with E-state index in [1.807, 2.05) is 0 Å². The number of aromatic hydroxyl groups is 1. The van der Waals surface area contributed by atoms with Gasteiger partial charge in [0.2, 0.25) is 0 Å². The van der Waals surface area contributed by atoms with Crippen LogP contribution in [0.3, 0.4) is 0 Å². The van der Waals surface area contributed by atoms with E-state index in [4.69, 9.17) is 16.3 Å². The Bertz CT molecular complexity index is 435. The number of rotatable bonds is 6. The maximum atomic E-state index is 12.0. The van der Waals surface area contributed by atoms with Gasteiger partial charge in [-0.1, -0.05) is 13.8 Å². The normalized spacial score (nSPS) is 12.3. The summed E-state index contributed by atoms with van der Waals surface area (Å²) >= 11 is 5.84. The summed E-state index contributed by atoms with van der Waals surface area (Å²) in [6.45, 7) is 4.15. The van der Waals surface area contributed by atoms with E-state index in [0.717, 1.165) is 6.42 Å². The third kappa shape index (κ3) is 4.63. The summed E-state index contributed by atoms with van der Waals surface area (Å²) in [4.78, 5) is 12.0. The van der Waals surface area contributed by atoms with Gasteiger partial charge in [0.1, 0.15) is 0 Å². The molecule has 5 heteroatoms. The van der Waals surface area contributed by atoms with Gasteiger partial charge in [-0.25, -0.2) is 0 Å². The summed E-state index contributed by atoms with van der Waals surface area (Å²) in [5, 5.41) is 12.5. The highest BCUT2D eigenvalue weighted by Crippen LogP contribution is 2.26. The van der Waals surface area contributed by atoms with E-state index >= 15 is 0 Å². The molecule has 2 N–H and O–H groups in total. The molecular formula is C14H20ClNO3. The zero-order valence-electron chi connectivity index (χ0n) is 11.4. The Morgan fingerprint density at radius 1 is 1.47 bits per heavy atom. The third-order valence-corrected chi connectivity index (χ3v) is 3.09. The number of benzene rings is 1. The molecule has 0 aliphatic rings. The highest BCUT2D eigenvalue weighted by Gasteiger charge is 2.15. The quantitative estimate of drug-likeness (QED) is 0.790. The minimum atomic E-state index is -0.246.